The molecule has 3 aromatic carbocycles. The van der Waals surface area contributed by atoms with Crippen LogP contribution in [0.25, 0.3) is 22.0 Å². The van der Waals surface area contributed by atoms with Crippen molar-refractivity contribution < 1.29 is 4.39 Å². The van der Waals surface area contributed by atoms with E-state index in [9.17, 15) is 4.39 Å². The average Bonchev–Trinajstić information content (AvgIpc) is 3.00. The van der Waals surface area contributed by atoms with Crippen molar-refractivity contribution in [2.24, 2.45) is 0 Å². The summed E-state index contributed by atoms with van der Waals surface area (Å²) in [5.41, 5.74) is 3.77. The van der Waals surface area contributed by atoms with Gasteiger partial charge in [0.15, 0.2) is 0 Å². The topological polar surface area (TPSA) is 4.93 Å². The van der Waals surface area contributed by atoms with E-state index in [1.54, 1.807) is 6.07 Å². The fourth-order valence-electron chi connectivity index (χ4n) is 3.00. The molecule has 0 unspecified atom stereocenters. The summed E-state index contributed by atoms with van der Waals surface area (Å²) in [6, 6.07) is 25.7. The Kier molecular flexibility index (Phi) is 3.43. The zero-order valence-electron chi connectivity index (χ0n) is 12.6. The van der Waals surface area contributed by atoms with Gasteiger partial charge in [0.1, 0.15) is 5.82 Å². The molecule has 1 heterocycles. The first kappa shape index (κ1) is 13.8. The lowest BCUT2D eigenvalue weighted by Crippen LogP contribution is -1.99. The Labute approximate surface area is 134 Å². The quantitative estimate of drug-likeness (QED) is 0.471. The largest absolute Gasteiger partial charge is 0.341 e. The van der Waals surface area contributed by atoms with E-state index in [-0.39, 0.29) is 5.82 Å². The van der Waals surface area contributed by atoms with Gasteiger partial charge in [-0.05, 0) is 34.9 Å². The monoisotopic (exact) mass is 301 g/mol. The van der Waals surface area contributed by atoms with Gasteiger partial charge in [-0.1, -0.05) is 60.7 Å². The molecule has 0 spiro atoms. The Hall–Kier alpha value is -2.87. The summed E-state index contributed by atoms with van der Waals surface area (Å²) in [5.74, 6) is -0.178. The smallest absolute Gasteiger partial charge is 0.148 e. The summed E-state index contributed by atoms with van der Waals surface area (Å²) in [7, 11) is 0. The summed E-state index contributed by atoms with van der Waals surface area (Å²) in [6.07, 6.45) is 1.95. The summed E-state index contributed by atoms with van der Waals surface area (Å²) in [4.78, 5) is 0. The number of benzene rings is 3. The lowest BCUT2D eigenvalue weighted by atomic mass is 10.0. The van der Waals surface area contributed by atoms with Gasteiger partial charge in [0, 0.05) is 18.1 Å². The van der Waals surface area contributed by atoms with Crippen LogP contribution >= 0.6 is 0 Å². The van der Waals surface area contributed by atoms with Crippen LogP contribution in [-0.4, -0.2) is 4.57 Å². The SMILES string of the molecule is Fc1cc(-c2ccccc2)cc2ccn(Cc3ccccc3)c12. The summed E-state index contributed by atoms with van der Waals surface area (Å²) in [5, 5.41) is 0.930. The predicted octanol–water partition coefficient (Wildman–Crippen LogP) is 5.50. The van der Waals surface area contributed by atoms with E-state index < -0.39 is 0 Å². The van der Waals surface area contributed by atoms with Crippen LogP contribution < -0.4 is 0 Å². The van der Waals surface area contributed by atoms with Gasteiger partial charge in [-0.15, -0.1) is 0 Å². The number of aromatic nitrogens is 1. The van der Waals surface area contributed by atoms with Crippen molar-refractivity contribution >= 4 is 10.9 Å². The second-order valence-electron chi connectivity index (χ2n) is 5.69. The molecule has 1 nitrogen and oxygen atoms in total. The highest BCUT2D eigenvalue weighted by molar-refractivity contribution is 5.86. The third-order valence-electron chi connectivity index (χ3n) is 4.12. The zero-order valence-corrected chi connectivity index (χ0v) is 12.6. The lowest BCUT2D eigenvalue weighted by Gasteiger charge is -2.08. The average molecular weight is 301 g/mol. The van der Waals surface area contributed by atoms with Crippen molar-refractivity contribution in [3.8, 4) is 11.1 Å². The molecular weight excluding hydrogens is 285 g/mol. The molecule has 0 fully saturated rings. The lowest BCUT2D eigenvalue weighted by molar-refractivity contribution is 0.629. The molecule has 0 N–H and O–H groups in total. The molecule has 0 bridgehead atoms. The molecule has 0 aliphatic heterocycles. The Bertz CT molecular complexity index is 940. The Morgan fingerprint density at radius 1 is 0.739 bits per heavy atom. The predicted molar refractivity (Wildman–Crippen MR) is 92.9 cm³/mol. The van der Waals surface area contributed by atoms with Crippen molar-refractivity contribution in [3.05, 3.63) is 96.4 Å². The highest BCUT2D eigenvalue weighted by Gasteiger charge is 2.10. The van der Waals surface area contributed by atoms with Crippen molar-refractivity contribution in [1.29, 1.82) is 0 Å². The van der Waals surface area contributed by atoms with Gasteiger partial charge in [-0.2, -0.15) is 0 Å². The van der Waals surface area contributed by atoms with Gasteiger partial charge in [0.2, 0.25) is 0 Å². The molecule has 4 aromatic rings. The van der Waals surface area contributed by atoms with E-state index in [2.05, 4.69) is 18.2 Å². The van der Waals surface area contributed by atoms with E-state index in [0.717, 1.165) is 22.1 Å². The van der Waals surface area contributed by atoms with E-state index in [1.165, 1.54) is 0 Å². The highest BCUT2D eigenvalue weighted by atomic mass is 19.1. The molecule has 0 aliphatic rings. The Balaban J connectivity index is 1.78. The van der Waals surface area contributed by atoms with Crippen LogP contribution in [0.3, 0.4) is 0 Å². The summed E-state index contributed by atoms with van der Waals surface area (Å²) in [6.45, 7) is 0.673. The van der Waals surface area contributed by atoms with Crippen molar-refractivity contribution in [2.45, 2.75) is 6.54 Å². The molecule has 0 amide bonds. The van der Waals surface area contributed by atoms with Gasteiger partial charge >= 0.3 is 0 Å². The number of halogens is 1. The van der Waals surface area contributed by atoms with E-state index in [1.807, 2.05) is 65.4 Å². The van der Waals surface area contributed by atoms with E-state index >= 15 is 0 Å². The van der Waals surface area contributed by atoms with Crippen LogP contribution in [0.2, 0.25) is 0 Å². The van der Waals surface area contributed by atoms with Crippen LogP contribution in [-0.2, 0) is 6.54 Å². The number of rotatable bonds is 3. The molecule has 23 heavy (non-hydrogen) atoms. The van der Waals surface area contributed by atoms with E-state index in [4.69, 9.17) is 0 Å². The summed E-state index contributed by atoms with van der Waals surface area (Å²) >= 11 is 0. The molecule has 0 saturated heterocycles. The standard InChI is InChI=1S/C21H16FN/c22-20-14-19(17-9-5-2-6-10-17)13-18-11-12-23(21(18)20)15-16-7-3-1-4-8-16/h1-14H,15H2. The summed E-state index contributed by atoms with van der Waals surface area (Å²) < 4.78 is 16.7. The molecule has 0 saturated carbocycles. The third kappa shape index (κ3) is 2.64. The van der Waals surface area contributed by atoms with Gasteiger partial charge in [-0.3, -0.25) is 0 Å². The minimum Gasteiger partial charge on any atom is -0.341 e. The number of fused-ring (bicyclic) bond motifs is 1. The minimum absolute atomic E-state index is 0.178. The molecule has 2 heteroatoms. The van der Waals surface area contributed by atoms with Crippen LogP contribution in [0.5, 0.6) is 0 Å². The van der Waals surface area contributed by atoms with Gasteiger partial charge < -0.3 is 4.57 Å². The molecule has 112 valence electrons. The van der Waals surface area contributed by atoms with Crippen molar-refractivity contribution in [1.82, 2.24) is 4.57 Å². The number of hydrogen-bond acceptors (Lipinski definition) is 0. The Morgan fingerprint density at radius 3 is 2.17 bits per heavy atom. The van der Waals surface area contributed by atoms with Crippen molar-refractivity contribution in [2.75, 3.05) is 0 Å². The van der Waals surface area contributed by atoms with Gasteiger partial charge in [0.05, 0.1) is 5.52 Å². The molecule has 0 atom stereocenters. The fraction of sp³-hybridized carbons (Fsp3) is 0.0476. The second kappa shape index (κ2) is 5.73. The number of nitrogens with zero attached hydrogens (tertiary/aromatic N) is 1. The minimum atomic E-state index is -0.178. The molecule has 1 aromatic heterocycles. The maximum atomic E-state index is 14.7. The third-order valence-corrected chi connectivity index (χ3v) is 4.12. The normalized spacial score (nSPS) is 11.0. The van der Waals surface area contributed by atoms with Crippen LogP contribution in [0.1, 0.15) is 5.56 Å². The second-order valence-corrected chi connectivity index (χ2v) is 5.69. The number of hydrogen-bond donors (Lipinski definition) is 0. The molecule has 0 radical (unpaired) electrons. The first-order chi connectivity index (χ1) is 11.3. The van der Waals surface area contributed by atoms with Crippen LogP contribution in [0, 0.1) is 5.82 Å². The first-order valence-electron chi connectivity index (χ1n) is 7.69. The van der Waals surface area contributed by atoms with E-state index in [0.29, 0.717) is 12.1 Å². The van der Waals surface area contributed by atoms with Crippen LogP contribution in [0.4, 0.5) is 4.39 Å². The van der Waals surface area contributed by atoms with Gasteiger partial charge in [-0.25, -0.2) is 4.39 Å². The van der Waals surface area contributed by atoms with Gasteiger partial charge in [0.25, 0.3) is 0 Å². The molecule has 4 rings (SSSR count). The maximum Gasteiger partial charge on any atom is 0.148 e. The molecular formula is C21H16FN. The molecule has 0 aliphatic carbocycles. The Morgan fingerprint density at radius 2 is 1.43 bits per heavy atom. The fourth-order valence-corrected chi connectivity index (χ4v) is 3.00. The zero-order chi connectivity index (χ0) is 15.6. The first-order valence-corrected chi connectivity index (χ1v) is 7.69. The van der Waals surface area contributed by atoms with Crippen molar-refractivity contribution in [3.63, 3.8) is 0 Å². The van der Waals surface area contributed by atoms with Crippen LogP contribution in [0.15, 0.2) is 85.1 Å². The highest BCUT2D eigenvalue weighted by Crippen LogP contribution is 2.28. The maximum absolute atomic E-state index is 14.7.